The minimum absolute atomic E-state index is 0.0469. The van der Waals surface area contributed by atoms with Gasteiger partial charge in [0, 0.05) is 29.5 Å². The lowest BCUT2D eigenvalue weighted by molar-refractivity contribution is -0.143. The van der Waals surface area contributed by atoms with Crippen LogP contribution in [0.2, 0.25) is 5.02 Å². The van der Waals surface area contributed by atoms with E-state index in [4.69, 9.17) is 16.3 Å². The van der Waals surface area contributed by atoms with Crippen molar-refractivity contribution in [3.8, 4) is 0 Å². The van der Waals surface area contributed by atoms with Crippen LogP contribution in [0.1, 0.15) is 43.0 Å². The summed E-state index contributed by atoms with van der Waals surface area (Å²) in [6.07, 6.45) is 5.58. The molecule has 2 atom stereocenters. The van der Waals surface area contributed by atoms with Gasteiger partial charge in [0.1, 0.15) is 18.0 Å². The number of nitrogens with zero attached hydrogens (tertiary/aromatic N) is 1. The fourth-order valence-electron chi connectivity index (χ4n) is 3.67. The van der Waals surface area contributed by atoms with Crippen molar-refractivity contribution < 1.29 is 14.3 Å². The first-order valence-electron chi connectivity index (χ1n) is 9.08. The molecular formula is C19H25ClN2O3S. The molecule has 5 nitrogen and oxygen atoms in total. The Labute approximate surface area is 163 Å². The smallest absolute Gasteiger partial charge is 0.250 e. The van der Waals surface area contributed by atoms with Gasteiger partial charge in [-0.15, -0.1) is 11.8 Å². The Bertz CT molecular complexity index is 651. The van der Waals surface area contributed by atoms with Crippen molar-refractivity contribution in [2.75, 3.05) is 19.5 Å². The van der Waals surface area contributed by atoms with Gasteiger partial charge >= 0.3 is 0 Å². The van der Waals surface area contributed by atoms with Crippen LogP contribution in [0.15, 0.2) is 24.3 Å². The number of rotatable bonds is 5. The molecule has 0 radical (unpaired) electrons. The zero-order valence-electron chi connectivity index (χ0n) is 14.9. The van der Waals surface area contributed by atoms with Gasteiger partial charge < -0.3 is 15.0 Å². The van der Waals surface area contributed by atoms with Gasteiger partial charge in [-0.05, 0) is 18.9 Å². The quantitative estimate of drug-likeness (QED) is 0.828. The van der Waals surface area contributed by atoms with Crippen LogP contribution < -0.4 is 5.32 Å². The number of hydrogen-bond acceptors (Lipinski definition) is 4. The lowest BCUT2D eigenvalue weighted by Crippen LogP contribution is -2.51. The standard InChI is InChI=1S/C19H25ClN2O3S/c1-25-11-17(23)22-16(18(24)21-13-7-3-2-4-8-13)12-26-19(22)14-9-5-6-10-15(14)20/h5-6,9-10,13,16,19H,2-4,7-8,11-12H2,1H3,(H,21,24)/t16-,19+/m1/s1. The van der Waals surface area contributed by atoms with Crippen molar-refractivity contribution in [1.29, 1.82) is 0 Å². The molecule has 1 saturated carbocycles. The zero-order valence-corrected chi connectivity index (χ0v) is 16.5. The number of carbonyl (C=O) groups excluding carboxylic acids is 2. The summed E-state index contributed by atoms with van der Waals surface area (Å²) in [5.74, 6) is 0.304. The van der Waals surface area contributed by atoms with E-state index in [2.05, 4.69) is 5.32 Å². The van der Waals surface area contributed by atoms with Gasteiger partial charge in [-0.1, -0.05) is 49.1 Å². The molecule has 1 aromatic rings. The highest BCUT2D eigenvalue weighted by molar-refractivity contribution is 7.99. The molecule has 0 aromatic heterocycles. The van der Waals surface area contributed by atoms with Crippen molar-refractivity contribution in [2.24, 2.45) is 0 Å². The SMILES string of the molecule is COCC(=O)N1[C@@H](C(=O)NC2CCCCC2)CS[C@H]1c1ccccc1Cl. The summed E-state index contributed by atoms with van der Waals surface area (Å²) >= 11 is 7.93. The van der Waals surface area contributed by atoms with Crippen LogP contribution in [0, 0.1) is 0 Å². The monoisotopic (exact) mass is 396 g/mol. The van der Waals surface area contributed by atoms with Crippen LogP contribution in [0.3, 0.4) is 0 Å². The number of ether oxygens (including phenoxy) is 1. The number of halogens is 1. The first kappa shape index (κ1) is 19.5. The van der Waals surface area contributed by atoms with E-state index in [9.17, 15) is 9.59 Å². The molecule has 1 N–H and O–H groups in total. The van der Waals surface area contributed by atoms with Gasteiger partial charge in [0.15, 0.2) is 0 Å². The van der Waals surface area contributed by atoms with E-state index in [1.165, 1.54) is 13.5 Å². The second kappa shape index (κ2) is 9.11. The molecular weight excluding hydrogens is 372 g/mol. The maximum absolute atomic E-state index is 12.9. The van der Waals surface area contributed by atoms with E-state index in [0.717, 1.165) is 31.2 Å². The number of hydrogen-bond donors (Lipinski definition) is 1. The molecule has 0 spiro atoms. The predicted octanol–water partition coefficient (Wildman–Crippen LogP) is 3.38. The van der Waals surface area contributed by atoms with Gasteiger partial charge in [0.2, 0.25) is 11.8 Å². The summed E-state index contributed by atoms with van der Waals surface area (Å²) in [7, 11) is 1.49. The van der Waals surface area contributed by atoms with Gasteiger partial charge in [0.25, 0.3) is 0 Å². The van der Waals surface area contributed by atoms with Gasteiger partial charge in [-0.2, -0.15) is 0 Å². The van der Waals surface area contributed by atoms with Gasteiger partial charge in [0.05, 0.1) is 0 Å². The van der Waals surface area contributed by atoms with E-state index in [0.29, 0.717) is 10.8 Å². The van der Waals surface area contributed by atoms with Crippen molar-refractivity contribution in [3.05, 3.63) is 34.9 Å². The Morgan fingerprint density at radius 1 is 1.27 bits per heavy atom. The minimum Gasteiger partial charge on any atom is -0.375 e. The average Bonchev–Trinajstić information content (AvgIpc) is 3.08. The summed E-state index contributed by atoms with van der Waals surface area (Å²) in [6, 6.07) is 7.21. The number of nitrogens with one attached hydrogen (secondary N) is 1. The fourth-order valence-corrected chi connectivity index (χ4v) is 5.46. The molecule has 0 unspecified atom stereocenters. The van der Waals surface area contributed by atoms with Gasteiger partial charge in [-0.3, -0.25) is 9.59 Å². The molecule has 26 heavy (non-hydrogen) atoms. The van der Waals surface area contributed by atoms with Crippen LogP contribution >= 0.6 is 23.4 Å². The van der Waals surface area contributed by atoms with Gasteiger partial charge in [-0.25, -0.2) is 0 Å². The van der Waals surface area contributed by atoms with Crippen LogP contribution in [0.4, 0.5) is 0 Å². The summed E-state index contributed by atoms with van der Waals surface area (Å²) in [5, 5.41) is 3.49. The van der Waals surface area contributed by atoms with Crippen molar-refractivity contribution in [2.45, 2.75) is 49.6 Å². The maximum atomic E-state index is 12.9. The molecule has 2 amide bonds. The topological polar surface area (TPSA) is 58.6 Å². The summed E-state index contributed by atoms with van der Waals surface area (Å²) < 4.78 is 5.04. The third-order valence-electron chi connectivity index (χ3n) is 4.98. The van der Waals surface area contributed by atoms with E-state index < -0.39 is 6.04 Å². The number of benzene rings is 1. The van der Waals surface area contributed by atoms with E-state index >= 15 is 0 Å². The maximum Gasteiger partial charge on any atom is 0.250 e. The Kier molecular flexibility index (Phi) is 6.84. The number of thioether (sulfide) groups is 1. The van der Waals surface area contributed by atoms with Crippen LogP contribution in [0.5, 0.6) is 0 Å². The Morgan fingerprint density at radius 3 is 2.69 bits per heavy atom. The van der Waals surface area contributed by atoms with Crippen LogP contribution in [-0.4, -0.2) is 48.3 Å². The molecule has 1 aliphatic heterocycles. The van der Waals surface area contributed by atoms with Crippen LogP contribution in [0.25, 0.3) is 0 Å². The highest BCUT2D eigenvalue weighted by Crippen LogP contribution is 2.43. The molecule has 1 aliphatic carbocycles. The summed E-state index contributed by atoms with van der Waals surface area (Å²) in [6.45, 7) is -0.0469. The first-order valence-corrected chi connectivity index (χ1v) is 10.5. The normalized spacial score (nSPS) is 23.8. The van der Waals surface area contributed by atoms with E-state index in [1.807, 2.05) is 24.3 Å². The molecule has 2 fully saturated rings. The van der Waals surface area contributed by atoms with E-state index in [1.54, 1.807) is 16.7 Å². The Balaban J connectivity index is 1.79. The highest BCUT2D eigenvalue weighted by atomic mass is 35.5. The van der Waals surface area contributed by atoms with Crippen molar-refractivity contribution >= 4 is 35.2 Å². The molecule has 0 bridgehead atoms. The lowest BCUT2D eigenvalue weighted by Gasteiger charge is -2.31. The first-order chi connectivity index (χ1) is 12.6. The molecule has 1 aromatic carbocycles. The fraction of sp³-hybridized carbons (Fsp3) is 0.579. The second-order valence-corrected chi connectivity index (χ2v) is 8.32. The van der Waals surface area contributed by atoms with Crippen LogP contribution in [-0.2, 0) is 14.3 Å². The molecule has 2 aliphatic rings. The Morgan fingerprint density at radius 2 is 2.00 bits per heavy atom. The largest absolute Gasteiger partial charge is 0.375 e. The summed E-state index contributed by atoms with van der Waals surface area (Å²) in [5.41, 5.74) is 0.858. The van der Waals surface area contributed by atoms with Crippen molar-refractivity contribution in [3.63, 3.8) is 0 Å². The number of amides is 2. The predicted molar refractivity (Wildman–Crippen MR) is 104 cm³/mol. The molecule has 1 saturated heterocycles. The molecule has 7 heteroatoms. The lowest BCUT2D eigenvalue weighted by atomic mass is 9.95. The molecule has 142 valence electrons. The number of carbonyl (C=O) groups is 2. The third kappa shape index (κ3) is 4.35. The summed E-state index contributed by atoms with van der Waals surface area (Å²) in [4.78, 5) is 27.3. The Hall–Kier alpha value is -1.24. The van der Waals surface area contributed by atoms with Crippen molar-refractivity contribution in [1.82, 2.24) is 10.2 Å². The second-order valence-electron chi connectivity index (χ2n) is 6.80. The molecule has 1 heterocycles. The van der Waals surface area contributed by atoms with E-state index in [-0.39, 0.29) is 29.8 Å². The number of methoxy groups -OCH3 is 1. The third-order valence-corrected chi connectivity index (χ3v) is 6.63. The minimum atomic E-state index is -0.495. The molecule has 3 rings (SSSR count). The highest BCUT2D eigenvalue weighted by Gasteiger charge is 2.43. The average molecular weight is 397 g/mol. The zero-order chi connectivity index (χ0) is 18.5.